The Balaban J connectivity index is 2.59. The van der Waals surface area contributed by atoms with Gasteiger partial charge in [-0.1, -0.05) is 13.3 Å². The quantitative estimate of drug-likeness (QED) is 0.625. The molecule has 1 atom stereocenters. The van der Waals surface area contributed by atoms with Crippen LogP contribution in [-0.4, -0.2) is 41.8 Å². The highest BCUT2D eigenvalue weighted by atomic mass is 16.5. The Morgan fingerprint density at radius 2 is 2.06 bits per heavy atom. The topological polar surface area (TPSA) is 102 Å². The second-order valence-electron chi connectivity index (χ2n) is 4.42. The Kier molecular flexibility index (Phi) is 4.89. The molecule has 0 aromatic heterocycles. The Bertz CT molecular complexity index is 287. The van der Waals surface area contributed by atoms with E-state index >= 15 is 0 Å². The molecule has 1 aliphatic heterocycles. The molecule has 1 heterocycles. The van der Waals surface area contributed by atoms with E-state index in [0.717, 1.165) is 0 Å². The smallest absolute Gasteiger partial charge is 0.326 e. The maximum atomic E-state index is 12.0. The first-order valence-corrected chi connectivity index (χ1v) is 5.90. The van der Waals surface area contributed by atoms with Gasteiger partial charge in [0.2, 0.25) is 5.91 Å². The Labute approximate surface area is 101 Å². The fourth-order valence-electron chi connectivity index (χ4n) is 1.81. The number of ether oxygens (including phenoxy) is 1. The number of carbonyl (C=O) groups excluding carboxylic acids is 1. The highest BCUT2D eigenvalue weighted by Crippen LogP contribution is 2.18. The predicted molar refractivity (Wildman–Crippen MR) is 61.4 cm³/mol. The summed E-state index contributed by atoms with van der Waals surface area (Å²) in [5.41, 5.74) is 4.98. The number of amides is 1. The summed E-state index contributed by atoms with van der Waals surface area (Å²) in [6, 6.07) is -0.851. The normalized spacial score (nSPS) is 20.6. The molecule has 0 aliphatic carbocycles. The number of carboxylic acids is 1. The van der Waals surface area contributed by atoms with E-state index in [4.69, 9.17) is 15.6 Å². The molecule has 1 aliphatic rings. The van der Waals surface area contributed by atoms with Gasteiger partial charge in [-0.2, -0.15) is 0 Å². The number of nitrogens with one attached hydrogen (secondary N) is 1. The molecule has 0 spiro atoms. The van der Waals surface area contributed by atoms with Crippen molar-refractivity contribution in [2.45, 2.75) is 44.2 Å². The average molecular weight is 244 g/mol. The molecule has 0 saturated carbocycles. The van der Waals surface area contributed by atoms with Gasteiger partial charge in [-0.05, 0) is 19.3 Å². The standard InChI is InChI=1S/C11H20N2O4/c1-2-3-8(9(14)15)13-10(16)11(12)4-6-17-7-5-11/h8H,2-7,12H2,1H3,(H,13,16)(H,14,15)/t8-/m1/s1. The molecule has 0 unspecified atom stereocenters. The van der Waals surface area contributed by atoms with Crippen molar-refractivity contribution in [1.82, 2.24) is 5.32 Å². The highest BCUT2D eigenvalue weighted by molar-refractivity contribution is 5.90. The first kappa shape index (κ1) is 13.9. The van der Waals surface area contributed by atoms with Crippen molar-refractivity contribution in [2.75, 3.05) is 13.2 Å². The second-order valence-corrected chi connectivity index (χ2v) is 4.42. The van der Waals surface area contributed by atoms with Crippen LogP contribution in [0.25, 0.3) is 0 Å². The highest BCUT2D eigenvalue weighted by Gasteiger charge is 2.37. The third-order valence-corrected chi connectivity index (χ3v) is 3.02. The van der Waals surface area contributed by atoms with Crippen LogP contribution in [0, 0.1) is 0 Å². The third-order valence-electron chi connectivity index (χ3n) is 3.02. The minimum atomic E-state index is -1.02. The molecule has 4 N–H and O–H groups in total. The van der Waals surface area contributed by atoms with Crippen LogP contribution in [0.3, 0.4) is 0 Å². The van der Waals surface area contributed by atoms with Gasteiger partial charge in [-0.3, -0.25) is 4.79 Å². The van der Waals surface area contributed by atoms with Crippen molar-refractivity contribution >= 4 is 11.9 Å². The van der Waals surface area contributed by atoms with E-state index in [2.05, 4.69) is 5.32 Å². The van der Waals surface area contributed by atoms with E-state index in [0.29, 0.717) is 38.9 Å². The van der Waals surface area contributed by atoms with Gasteiger partial charge in [-0.25, -0.2) is 4.79 Å². The molecule has 0 aromatic carbocycles. The van der Waals surface area contributed by atoms with Gasteiger partial charge in [0.05, 0.1) is 5.54 Å². The minimum Gasteiger partial charge on any atom is -0.480 e. The molecule has 1 fully saturated rings. The van der Waals surface area contributed by atoms with Crippen LogP contribution in [0.4, 0.5) is 0 Å². The summed E-state index contributed by atoms with van der Waals surface area (Å²) in [5.74, 6) is -1.41. The molecule has 6 heteroatoms. The van der Waals surface area contributed by atoms with Crippen molar-refractivity contribution < 1.29 is 19.4 Å². The fourth-order valence-corrected chi connectivity index (χ4v) is 1.81. The molecule has 1 saturated heterocycles. The van der Waals surface area contributed by atoms with E-state index in [1.54, 1.807) is 0 Å². The van der Waals surface area contributed by atoms with Crippen LogP contribution in [0.15, 0.2) is 0 Å². The van der Waals surface area contributed by atoms with Crippen molar-refractivity contribution in [2.24, 2.45) is 5.73 Å². The first-order chi connectivity index (χ1) is 7.99. The zero-order chi connectivity index (χ0) is 12.9. The van der Waals surface area contributed by atoms with Crippen LogP contribution in [-0.2, 0) is 14.3 Å². The maximum Gasteiger partial charge on any atom is 0.326 e. The van der Waals surface area contributed by atoms with Gasteiger partial charge in [0.25, 0.3) is 0 Å². The Morgan fingerprint density at radius 1 is 1.47 bits per heavy atom. The van der Waals surface area contributed by atoms with Gasteiger partial charge < -0.3 is 20.9 Å². The summed E-state index contributed by atoms with van der Waals surface area (Å²) in [4.78, 5) is 22.9. The minimum absolute atomic E-state index is 0.387. The SMILES string of the molecule is CCC[C@@H](NC(=O)C1(N)CCOCC1)C(=O)O. The van der Waals surface area contributed by atoms with E-state index in [9.17, 15) is 9.59 Å². The van der Waals surface area contributed by atoms with E-state index in [-0.39, 0.29) is 5.91 Å². The lowest BCUT2D eigenvalue weighted by atomic mass is 9.90. The molecular formula is C11H20N2O4. The summed E-state index contributed by atoms with van der Waals surface area (Å²) < 4.78 is 5.14. The lowest BCUT2D eigenvalue weighted by Crippen LogP contribution is -2.59. The second kappa shape index (κ2) is 5.97. The molecule has 6 nitrogen and oxygen atoms in total. The van der Waals surface area contributed by atoms with E-state index < -0.39 is 17.6 Å². The van der Waals surface area contributed by atoms with Crippen molar-refractivity contribution in [3.63, 3.8) is 0 Å². The number of carboxylic acid groups (broad SMARTS) is 1. The summed E-state index contributed by atoms with van der Waals surface area (Å²) in [7, 11) is 0. The Hall–Kier alpha value is -1.14. The Morgan fingerprint density at radius 3 is 2.53 bits per heavy atom. The lowest BCUT2D eigenvalue weighted by molar-refractivity contribution is -0.143. The van der Waals surface area contributed by atoms with Crippen molar-refractivity contribution in [1.29, 1.82) is 0 Å². The summed E-state index contributed by atoms with van der Waals surface area (Å²) in [6.07, 6.45) is 1.96. The zero-order valence-corrected chi connectivity index (χ0v) is 10.1. The summed E-state index contributed by atoms with van der Waals surface area (Å²) in [5, 5.41) is 11.5. The van der Waals surface area contributed by atoms with Gasteiger partial charge in [0.1, 0.15) is 6.04 Å². The summed E-state index contributed by atoms with van der Waals surface area (Å²) >= 11 is 0. The van der Waals surface area contributed by atoms with Crippen molar-refractivity contribution in [3.05, 3.63) is 0 Å². The number of hydrogen-bond acceptors (Lipinski definition) is 4. The van der Waals surface area contributed by atoms with Crippen LogP contribution in [0.1, 0.15) is 32.6 Å². The molecule has 0 radical (unpaired) electrons. The third kappa shape index (κ3) is 3.67. The van der Waals surface area contributed by atoms with Crippen LogP contribution < -0.4 is 11.1 Å². The first-order valence-electron chi connectivity index (χ1n) is 5.90. The molecule has 0 aromatic rings. The van der Waals surface area contributed by atoms with Crippen molar-refractivity contribution in [3.8, 4) is 0 Å². The average Bonchev–Trinajstić information content (AvgIpc) is 2.29. The molecule has 17 heavy (non-hydrogen) atoms. The van der Waals surface area contributed by atoms with Crippen LogP contribution >= 0.6 is 0 Å². The number of rotatable bonds is 5. The number of hydrogen-bond donors (Lipinski definition) is 3. The predicted octanol–water partition coefficient (Wildman–Crippen LogP) is -0.136. The largest absolute Gasteiger partial charge is 0.480 e. The molecule has 1 rings (SSSR count). The molecule has 0 bridgehead atoms. The van der Waals surface area contributed by atoms with E-state index in [1.165, 1.54) is 0 Å². The lowest BCUT2D eigenvalue weighted by Gasteiger charge is -2.32. The molecular weight excluding hydrogens is 224 g/mol. The van der Waals surface area contributed by atoms with E-state index in [1.807, 2.05) is 6.92 Å². The maximum absolute atomic E-state index is 12.0. The number of aliphatic carboxylic acids is 1. The van der Waals surface area contributed by atoms with Gasteiger partial charge >= 0.3 is 5.97 Å². The molecule has 1 amide bonds. The van der Waals surface area contributed by atoms with Gasteiger partial charge in [0, 0.05) is 13.2 Å². The fraction of sp³-hybridized carbons (Fsp3) is 0.818. The number of carbonyl (C=O) groups is 2. The number of nitrogens with two attached hydrogens (primary N) is 1. The van der Waals surface area contributed by atoms with Gasteiger partial charge in [0.15, 0.2) is 0 Å². The molecule has 98 valence electrons. The van der Waals surface area contributed by atoms with Crippen LogP contribution in [0.2, 0.25) is 0 Å². The summed E-state index contributed by atoms with van der Waals surface area (Å²) in [6.45, 7) is 2.75. The van der Waals surface area contributed by atoms with Gasteiger partial charge in [-0.15, -0.1) is 0 Å². The van der Waals surface area contributed by atoms with Crippen LogP contribution in [0.5, 0.6) is 0 Å². The zero-order valence-electron chi connectivity index (χ0n) is 10.1. The monoisotopic (exact) mass is 244 g/mol.